The zero-order valence-electron chi connectivity index (χ0n) is 9.36. The van der Waals surface area contributed by atoms with Crippen LogP contribution in [-0.2, 0) is 4.79 Å². The van der Waals surface area contributed by atoms with Crippen LogP contribution in [-0.4, -0.2) is 37.2 Å². The first-order valence-electron chi connectivity index (χ1n) is 4.97. The minimum Gasteiger partial charge on any atom is -0.475 e. The molecule has 0 radical (unpaired) electrons. The van der Waals surface area contributed by atoms with E-state index in [0.29, 0.717) is 11.4 Å². The largest absolute Gasteiger partial charge is 0.475 e. The maximum atomic E-state index is 10.8. The highest BCUT2D eigenvalue weighted by Gasteiger charge is 2.11. The van der Waals surface area contributed by atoms with Gasteiger partial charge in [0.25, 0.3) is 5.82 Å². The topological polar surface area (TPSA) is 110 Å². The maximum absolute atomic E-state index is 10.8. The monoisotopic (exact) mass is 247 g/mol. The third-order valence-corrected chi connectivity index (χ3v) is 2.02. The Balaban J connectivity index is 2.22. The number of hydrogen-bond acceptors (Lipinski definition) is 5. The van der Waals surface area contributed by atoms with Gasteiger partial charge in [0.2, 0.25) is 5.91 Å². The van der Waals surface area contributed by atoms with Crippen molar-refractivity contribution in [1.82, 2.24) is 20.2 Å². The third kappa shape index (κ3) is 2.48. The van der Waals surface area contributed by atoms with Gasteiger partial charge in [-0.2, -0.15) is 0 Å². The fourth-order valence-corrected chi connectivity index (χ4v) is 1.29. The Morgan fingerprint density at radius 3 is 2.44 bits per heavy atom. The molecule has 8 nitrogen and oxygen atoms in total. The number of anilines is 1. The third-order valence-electron chi connectivity index (χ3n) is 2.02. The number of carboxylic acid groups (broad SMARTS) is 1. The summed E-state index contributed by atoms with van der Waals surface area (Å²) in [6.45, 7) is 1.41. The molecule has 0 saturated carbocycles. The number of hydrogen-bond donors (Lipinski definition) is 2. The highest BCUT2D eigenvalue weighted by atomic mass is 16.4. The number of aromatic nitrogens is 4. The molecule has 8 heteroatoms. The average molecular weight is 247 g/mol. The van der Waals surface area contributed by atoms with Crippen LogP contribution in [0.3, 0.4) is 0 Å². The number of rotatable bonds is 3. The molecule has 92 valence electrons. The van der Waals surface area contributed by atoms with E-state index in [9.17, 15) is 9.59 Å². The summed E-state index contributed by atoms with van der Waals surface area (Å²) in [5, 5.41) is 21.9. The number of aromatic carboxylic acids is 1. The molecule has 0 fully saturated rings. The Labute approximate surface area is 101 Å². The molecule has 0 bridgehead atoms. The summed E-state index contributed by atoms with van der Waals surface area (Å²) in [6, 6.07) is 6.58. The van der Waals surface area contributed by atoms with Gasteiger partial charge in [-0.15, -0.1) is 15.0 Å². The summed E-state index contributed by atoms with van der Waals surface area (Å²) < 4.78 is 0. The van der Waals surface area contributed by atoms with Crippen LogP contribution >= 0.6 is 0 Å². The van der Waals surface area contributed by atoms with Crippen LogP contribution in [0.4, 0.5) is 5.69 Å². The molecule has 1 heterocycles. The van der Waals surface area contributed by atoms with Crippen molar-refractivity contribution in [3.63, 3.8) is 0 Å². The number of carbonyl (C=O) groups is 2. The van der Waals surface area contributed by atoms with Crippen LogP contribution in [0.2, 0.25) is 0 Å². The van der Waals surface area contributed by atoms with Gasteiger partial charge in [-0.25, -0.2) is 4.79 Å². The number of nitrogens with zero attached hydrogens (tertiary/aromatic N) is 4. The van der Waals surface area contributed by atoms with Crippen molar-refractivity contribution in [3.8, 4) is 5.69 Å². The zero-order valence-corrected chi connectivity index (χ0v) is 9.36. The lowest BCUT2D eigenvalue weighted by molar-refractivity contribution is -0.114. The van der Waals surface area contributed by atoms with E-state index in [-0.39, 0.29) is 11.7 Å². The highest BCUT2D eigenvalue weighted by molar-refractivity contribution is 5.88. The van der Waals surface area contributed by atoms with Crippen LogP contribution in [0.1, 0.15) is 17.5 Å². The van der Waals surface area contributed by atoms with Gasteiger partial charge in [-0.3, -0.25) is 4.79 Å². The van der Waals surface area contributed by atoms with Gasteiger partial charge in [0.1, 0.15) is 0 Å². The molecule has 2 aromatic rings. The highest BCUT2D eigenvalue weighted by Crippen LogP contribution is 2.11. The van der Waals surface area contributed by atoms with Gasteiger partial charge in [-0.05, 0) is 29.5 Å². The lowest BCUT2D eigenvalue weighted by atomic mass is 10.3. The molecule has 1 aromatic heterocycles. The van der Waals surface area contributed by atoms with Crippen molar-refractivity contribution >= 4 is 17.6 Å². The van der Waals surface area contributed by atoms with E-state index in [2.05, 4.69) is 20.7 Å². The Morgan fingerprint density at radius 2 is 1.94 bits per heavy atom. The summed E-state index contributed by atoms with van der Waals surface area (Å²) in [5.74, 6) is -1.79. The molecule has 1 amide bonds. The molecule has 0 saturated heterocycles. The second-order valence-electron chi connectivity index (χ2n) is 3.44. The predicted molar refractivity (Wildman–Crippen MR) is 60.4 cm³/mol. The van der Waals surface area contributed by atoms with E-state index in [1.54, 1.807) is 24.3 Å². The van der Waals surface area contributed by atoms with Crippen molar-refractivity contribution in [2.45, 2.75) is 6.92 Å². The number of nitrogens with one attached hydrogen (secondary N) is 1. The standard InChI is InChI=1S/C10H9N5O3/c1-6(16)11-7-2-4-8(5-3-7)15-13-9(10(17)18)12-14-15/h2-5H,1H3,(H,11,16)(H,17,18). The van der Waals surface area contributed by atoms with Crippen LogP contribution in [0.15, 0.2) is 24.3 Å². The number of tetrazole rings is 1. The predicted octanol–water partition coefficient (Wildman–Crippen LogP) is 0.319. The first-order chi connectivity index (χ1) is 8.56. The molecular formula is C10H9N5O3. The van der Waals surface area contributed by atoms with Gasteiger partial charge >= 0.3 is 5.97 Å². The van der Waals surface area contributed by atoms with Gasteiger partial charge in [-0.1, -0.05) is 0 Å². The smallest absolute Gasteiger partial charge is 0.377 e. The van der Waals surface area contributed by atoms with E-state index in [1.807, 2.05) is 0 Å². The summed E-state index contributed by atoms with van der Waals surface area (Å²) in [4.78, 5) is 22.5. The maximum Gasteiger partial charge on any atom is 0.377 e. The van der Waals surface area contributed by atoms with Crippen molar-refractivity contribution in [2.24, 2.45) is 0 Å². The molecule has 0 aliphatic heterocycles. The molecular weight excluding hydrogens is 238 g/mol. The molecule has 0 atom stereocenters. The summed E-state index contributed by atoms with van der Waals surface area (Å²) in [6.07, 6.45) is 0. The van der Waals surface area contributed by atoms with E-state index < -0.39 is 5.97 Å². The van der Waals surface area contributed by atoms with Crippen LogP contribution < -0.4 is 5.32 Å². The first kappa shape index (κ1) is 11.7. The van der Waals surface area contributed by atoms with Crippen LogP contribution in [0, 0.1) is 0 Å². The molecule has 0 aliphatic carbocycles. The van der Waals surface area contributed by atoms with E-state index in [4.69, 9.17) is 5.11 Å². The lowest BCUT2D eigenvalue weighted by Crippen LogP contribution is -2.06. The number of carboxylic acids is 1. The number of carbonyl (C=O) groups excluding carboxylic acids is 1. The van der Waals surface area contributed by atoms with Crippen molar-refractivity contribution in [2.75, 3.05) is 5.32 Å². The van der Waals surface area contributed by atoms with Gasteiger partial charge in [0.05, 0.1) is 5.69 Å². The molecule has 0 aliphatic rings. The van der Waals surface area contributed by atoms with Gasteiger partial charge in [0.15, 0.2) is 0 Å². The zero-order chi connectivity index (χ0) is 13.1. The van der Waals surface area contributed by atoms with Crippen LogP contribution in [0.5, 0.6) is 0 Å². The lowest BCUT2D eigenvalue weighted by Gasteiger charge is -2.02. The van der Waals surface area contributed by atoms with Crippen molar-refractivity contribution in [1.29, 1.82) is 0 Å². The number of benzene rings is 1. The van der Waals surface area contributed by atoms with E-state index >= 15 is 0 Å². The molecule has 0 unspecified atom stereocenters. The van der Waals surface area contributed by atoms with Crippen molar-refractivity contribution < 1.29 is 14.7 Å². The molecule has 2 rings (SSSR count). The summed E-state index contributed by atoms with van der Waals surface area (Å²) >= 11 is 0. The van der Waals surface area contributed by atoms with E-state index in [0.717, 1.165) is 4.80 Å². The Kier molecular flexibility index (Phi) is 3.00. The average Bonchev–Trinajstić information content (AvgIpc) is 2.78. The van der Waals surface area contributed by atoms with Crippen molar-refractivity contribution in [3.05, 3.63) is 30.1 Å². The number of amides is 1. The Hall–Kier alpha value is -2.77. The minimum absolute atomic E-state index is 0.171. The van der Waals surface area contributed by atoms with Crippen LogP contribution in [0.25, 0.3) is 5.69 Å². The second kappa shape index (κ2) is 4.62. The Morgan fingerprint density at radius 1 is 1.28 bits per heavy atom. The second-order valence-corrected chi connectivity index (χ2v) is 3.44. The van der Waals surface area contributed by atoms with Gasteiger partial charge < -0.3 is 10.4 Å². The molecule has 18 heavy (non-hydrogen) atoms. The summed E-state index contributed by atoms with van der Waals surface area (Å²) in [7, 11) is 0. The normalized spacial score (nSPS) is 10.1. The van der Waals surface area contributed by atoms with E-state index in [1.165, 1.54) is 6.92 Å². The Bertz CT molecular complexity index is 590. The minimum atomic E-state index is -1.24. The molecule has 2 N–H and O–H groups in total. The van der Waals surface area contributed by atoms with Gasteiger partial charge in [0, 0.05) is 12.6 Å². The quantitative estimate of drug-likeness (QED) is 0.808. The fourth-order valence-electron chi connectivity index (χ4n) is 1.29. The fraction of sp³-hybridized carbons (Fsp3) is 0.100. The SMILES string of the molecule is CC(=O)Nc1ccc(-n2nnc(C(=O)O)n2)cc1. The molecule has 1 aromatic carbocycles. The first-order valence-corrected chi connectivity index (χ1v) is 4.97. The molecule has 0 spiro atoms. The summed E-state index contributed by atoms with van der Waals surface area (Å²) in [5.41, 5.74) is 1.17.